The number of rotatable bonds is 7. The Morgan fingerprint density at radius 1 is 1.55 bits per heavy atom. The summed E-state index contributed by atoms with van der Waals surface area (Å²) in [6.45, 7) is -0.261. The summed E-state index contributed by atoms with van der Waals surface area (Å²) in [6, 6.07) is 3.99. The van der Waals surface area contributed by atoms with E-state index < -0.39 is 22.2 Å². The second kappa shape index (κ2) is 7.63. The molecule has 0 aliphatic rings. The summed E-state index contributed by atoms with van der Waals surface area (Å²) in [5, 5.41) is 30.9. The van der Waals surface area contributed by atoms with Crippen molar-refractivity contribution < 1.29 is 24.7 Å². The maximum Gasteiger partial charge on any atom is 0.344 e. The number of nitro benzene ring substituents is 1. The quantitative estimate of drug-likeness (QED) is 0.407. The van der Waals surface area contributed by atoms with Gasteiger partial charge in [0.05, 0.1) is 24.2 Å². The highest BCUT2D eigenvalue weighted by Gasteiger charge is 2.44. The van der Waals surface area contributed by atoms with Crippen LogP contribution in [0.1, 0.15) is 5.56 Å². The maximum absolute atomic E-state index is 12.0. The number of esters is 1. The molecule has 9 heteroatoms. The molecule has 122 valence electrons. The number of nitrogens with zero attached hydrogens (tertiary/aromatic N) is 2. The van der Waals surface area contributed by atoms with E-state index in [-0.39, 0.29) is 25.3 Å². The fraction of sp³-hybridized carbons (Fsp3) is 0.462. The third-order valence-corrected chi connectivity index (χ3v) is 3.60. The highest BCUT2D eigenvalue weighted by molar-refractivity contribution is 9.10. The third-order valence-electron chi connectivity index (χ3n) is 3.11. The van der Waals surface area contributed by atoms with Gasteiger partial charge >= 0.3 is 5.97 Å². The number of benzene rings is 1. The van der Waals surface area contributed by atoms with Crippen LogP contribution in [0, 0.1) is 10.1 Å². The van der Waals surface area contributed by atoms with E-state index in [2.05, 4.69) is 20.7 Å². The normalized spacial score (nSPS) is 13.7. The van der Waals surface area contributed by atoms with E-state index in [1.165, 1.54) is 23.1 Å². The van der Waals surface area contributed by atoms with E-state index in [4.69, 9.17) is 5.11 Å². The van der Waals surface area contributed by atoms with Crippen LogP contribution < -0.4 is 0 Å². The van der Waals surface area contributed by atoms with Gasteiger partial charge in [-0.1, -0.05) is 15.9 Å². The molecule has 0 aliphatic heterocycles. The molecule has 2 N–H and O–H groups in total. The van der Waals surface area contributed by atoms with Crippen molar-refractivity contribution in [2.24, 2.45) is 0 Å². The zero-order valence-corrected chi connectivity index (χ0v) is 13.7. The van der Waals surface area contributed by atoms with Gasteiger partial charge in [0.2, 0.25) is 5.60 Å². The van der Waals surface area contributed by atoms with Gasteiger partial charge in [0.1, 0.15) is 0 Å². The van der Waals surface area contributed by atoms with Gasteiger partial charge in [-0.25, -0.2) is 4.79 Å². The summed E-state index contributed by atoms with van der Waals surface area (Å²) in [6.07, 6.45) is 0. The Kier molecular flexibility index (Phi) is 6.42. The van der Waals surface area contributed by atoms with E-state index in [1.807, 2.05) is 0 Å². The molecule has 0 heterocycles. The predicted molar refractivity (Wildman–Crippen MR) is 81.3 cm³/mol. The molecule has 1 rings (SSSR count). The average molecular weight is 377 g/mol. The Bertz CT molecular complexity index is 567. The van der Waals surface area contributed by atoms with E-state index in [0.29, 0.717) is 4.47 Å². The Morgan fingerprint density at radius 2 is 2.18 bits per heavy atom. The predicted octanol–water partition coefficient (Wildman–Crippen LogP) is 0.642. The van der Waals surface area contributed by atoms with E-state index >= 15 is 0 Å². The first-order chi connectivity index (χ1) is 10.3. The number of nitro groups is 1. The van der Waals surface area contributed by atoms with Crippen molar-refractivity contribution in [1.82, 2.24) is 4.90 Å². The van der Waals surface area contributed by atoms with Gasteiger partial charge in [-0.3, -0.25) is 10.1 Å². The molecule has 0 saturated heterocycles. The molecule has 0 amide bonds. The fourth-order valence-corrected chi connectivity index (χ4v) is 2.42. The monoisotopic (exact) mass is 376 g/mol. The first-order valence-corrected chi connectivity index (χ1v) is 7.10. The second-order valence-corrected chi connectivity index (χ2v) is 5.65. The van der Waals surface area contributed by atoms with Crippen molar-refractivity contribution in [2.45, 2.75) is 5.60 Å². The molecule has 0 aliphatic carbocycles. The van der Waals surface area contributed by atoms with Crippen molar-refractivity contribution in [3.63, 3.8) is 0 Å². The minimum atomic E-state index is -2.22. The molecule has 0 bridgehead atoms. The van der Waals surface area contributed by atoms with Crippen LogP contribution in [0.2, 0.25) is 0 Å². The maximum atomic E-state index is 12.0. The molecule has 0 aromatic heterocycles. The van der Waals surface area contributed by atoms with Gasteiger partial charge in [0, 0.05) is 23.6 Å². The lowest BCUT2D eigenvalue weighted by molar-refractivity contribution is -0.386. The SMILES string of the molecule is COC(=O)C(O)(CN(C)CCO)c1ccc(Br)cc1[N+](=O)[O-]. The van der Waals surface area contributed by atoms with Crippen LogP contribution in [0.15, 0.2) is 22.7 Å². The van der Waals surface area contributed by atoms with E-state index in [9.17, 15) is 20.0 Å². The highest BCUT2D eigenvalue weighted by atomic mass is 79.9. The average Bonchev–Trinajstić information content (AvgIpc) is 2.45. The van der Waals surface area contributed by atoms with Gasteiger partial charge in [-0.05, 0) is 19.2 Å². The number of aliphatic hydroxyl groups excluding tert-OH is 1. The van der Waals surface area contributed by atoms with Crippen LogP contribution in [0.4, 0.5) is 5.69 Å². The van der Waals surface area contributed by atoms with Crippen molar-refractivity contribution in [3.8, 4) is 0 Å². The lowest BCUT2D eigenvalue weighted by Gasteiger charge is -2.29. The molecule has 22 heavy (non-hydrogen) atoms. The number of halogens is 1. The van der Waals surface area contributed by atoms with Crippen LogP contribution in [-0.4, -0.2) is 59.9 Å². The molecule has 1 unspecified atom stereocenters. The summed E-state index contributed by atoms with van der Waals surface area (Å²) < 4.78 is 5.04. The summed E-state index contributed by atoms with van der Waals surface area (Å²) in [5.74, 6) is -1.01. The van der Waals surface area contributed by atoms with Crippen molar-refractivity contribution in [2.75, 3.05) is 33.9 Å². The largest absolute Gasteiger partial charge is 0.467 e. The number of ether oxygens (including phenoxy) is 1. The molecule has 0 fully saturated rings. The number of carbonyl (C=O) groups is 1. The van der Waals surface area contributed by atoms with E-state index in [0.717, 1.165) is 7.11 Å². The molecule has 8 nitrogen and oxygen atoms in total. The highest BCUT2D eigenvalue weighted by Crippen LogP contribution is 2.34. The zero-order chi connectivity index (χ0) is 16.9. The van der Waals surface area contributed by atoms with Gasteiger partial charge in [0.15, 0.2) is 0 Å². The second-order valence-electron chi connectivity index (χ2n) is 4.73. The standard InChI is InChI=1S/C13H17BrN2O6/c1-15(5-6-17)8-13(19,12(18)22-2)10-4-3-9(14)7-11(10)16(20)21/h3-4,7,17,19H,5-6,8H2,1-2H3. The number of hydrogen-bond acceptors (Lipinski definition) is 7. The summed E-state index contributed by atoms with van der Waals surface area (Å²) in [7, 11) is 2.65. The summed E-state index contributed by atoms with van der Waals surface area (Å²) in [5.41, 5.74) is -2.79. The Morgan fingerprint density at radius 3 is 2.68 bits per heavy atom. The first kappa shape index (κ1) is 18.5. The molecule has 1 aromatic carbocycles. The Balaban J connectivity index is 3.39. The number of aliphatic hydroxyl groups is 2. The Labute approximate surface area is 135 Å². The summed E-state index contributed by atoms with van der Waals surface area (Å²) in [4.78, 5) is 24.0. The van der Waals surface area contributed by atoms with Crippen LogP contribution >= 0.6 is 15.9 Å². The summed E-state index contributed by atoms with van der Waals surface area (Å²) >= 11 is 3.12. The molecule has 0 saturated carbocycles. The van der Waals surface area contributed by atoms with Crippen LogP contribution in [-0.2, 0) is 15.1 Å². The number of methoxy groups -OCH3 is 1. The van der Waals surface area contributed by atoms with Crippen molar-refractivity contribution in [1.29, 1.82) is 0 Å². The molecule has 0 spiro atoms. The van der Waals surface area contributed by atoms with Gasteiger partial charge < -0.3 is 19.8 Å². The van der Waals surface area contributed by atoms with Crippen LogP contribution in [0.5, 0.6) is 0 Å². The molecule has 1 aromatic rings. The van der Waals surface area contributed by atoms with Crippen LogP contribution in [0.3, 0.4) is 0 Å². The fourth-order valence-electron chi connectivity index (χ4n) is 2.07. The van der Waals surface area contributed by atoms with Gasteiger partial charge in [-0.2, -0.15) is 0 Å². The smallest absolute Gasteiger partial charge is 0.344 e. The lowest BCUT2D eigenvalue weighted by Crippen LogP contribution is -2.47. The lowest BCUT2D eigenvalue weighted by atomic mass is 9.91. The van der Waals surface area contributed by atoms with Gasteiger partial charge in [-0.15, -0.1) is 0 Å². The third kappa shape index (κ3) is 4.01. The molecule has 0 radical (unpaired) electrons. The number of likely N-dealkylation sites (N-methyl/N-ethyl adjacent to an activating group) is 1. The topological polar surface area (TPSA) is 113 Å². The van der Waals surface area contributed by atoms with Crippen molar-refractivity contribution >= 4 is 27.6 Å². The number of hydrogen-bond donors (Lipinski definition) is 2. The zero-order valence-electron chi connectivity index (χ0n) is 12.2. The first-order valence-electron chi connectivity index (χ1n) is 6.31. The molecule has 1 atom stereocenters. The number of carbonyl (C=O) groups excluding carboxylic acids is 1. The van der Waals surface area contributed by atoms with E-state index in [1.54, 1.807) is 7.05 Å². The minimum Gasteiger partial charge on any atom is -0.467 e. The van der Waals surface area contributed by atoms with Gasteiger partial charge in [0.25, 0.3) is 5.69 Å². The van der Waals surface area contributed by atoms with Crippen molar-refractivity contribution in [3.05, 3.63) is 38.3 Å². The van der Waals surface area contributed by atoms with Crippen LogP contribution in [0.25, 0.3) is 0 Å². The minimum absolute atomic E-state index is 0.169. The molecular weight excluding hydrogens is 360 g/mol. The Hall–Kier alpha value is -1.55. The molecular formula is C13H17BrN2O6.